The zero-order valence-corrected chi connectivity index (χ0v) is 11.1. The first-order valence-electron chi connectivity index (χ1n) is 5.89. The van der Waals surface area contributed by atoms with E-state index >= 15 is 0 Å². The third kappa shape index (κ3) is 3.07. The van der Waals surface area contributed by atoms with Crippen molar-refractivity contribution >= 4 is 23.2 Å². The van der Waals surface area contributed by atoms with Gasteiger partial charge in [-0.25, -0.2) is 0 Å². The van der Waals surface area contributed by atoms with E-state index < -0.39 is 11.7 Å². The van der Waals surface area contributed by atoms with Crippen molar-refractivity contribution in [2.45, 2.75) is 12.6 Å². The Morgan fingerprint density at radius 3 is 2.55 bits per heavy atom. The summed E-state index contributed by atoms with van der Waals surface area (Å²) in [5.74, 6) is -0.356. The smallest absolute Gasteiger partial charge is 0.398 e. The molecular weight excluding hydrogens is 293 g/mol. The molecule has 2 rings (SSSR count). The minimum absolute atomic E-state index is 0.0344. The summed E-state index contributed by atoms with van der Waals surface area (Å²) in [5.41, 5.74) is 5.60. The van der Waals surface area contributed by atoms with Gasteiger partial charge in [-0.15, -0.1) is 0 Å². The number of hydrogen-bond acceptors (Lipinski definition) is 2. The van der Waals surface area contributed by atoms with Gasteiger partial charge in [-0.05, 0) is 24.6 Å². The highest BCUT2D eigenvalue weighted by atomic mass is 35.5. The molecule has 0 saturated heterocycles. The van der Waals surface area contributed by atoms with Gasteiger partial charge in [-0.3, -0.25) is 4.79 Å². The van der Waals surface area contributed by atoms with Crippen LogP contribution in [0.4, 0.5) is 18.9 Å². The van der Waals surface area contributed by atoms with Crippen LogP contribution < -0.4 is 5.73 Å². The van der Waals surface area contributed by atoms with Crippen LogP contribution in [0.25, 0.3) is 0 Å². The summed E-state index contributed by atoms with van der Waals surface area (Å²) in [5, 5.41) is 0.333. The third-order valence-corrected chi connectivity index (χ3v) is 3.45. The number of alkyl halides is 3. The summed E-state index contributed by atoms with van der Waals surface area (Å²) in [6.45, 7) is -0.0249. The van der Waals surface area contributed by atoms with Crippen LogP contribution in [0.3, 0.4) is 0 Å². The van der Waals surface area contributed by atoms with Crippen LogP contribution in [0.2, 0.25) is 5.02 Å². The van der Waals surface area contributed by atoms with Crippen molar-refractivity contribution in [3.05, 3.63) is 40.4 Å². The van der Waals surface area contributed by atoms with Gasteiger partial charge < -0.3 is 10.6 Å². The predicted molar refractivity (Wildman–Crippen MR) is 70.5 cm³/mol. The zero-order chi connectivity index (χ0) is 14.9. The molecule has 1 heterocycles. The zero-order valence-electron chi connectivity index (χ0n) is 10.4. The monoisotopic (exact) mass is 304 g/mol. The normalized spacial score (nSPS) is 16.0. The van der Waals surface area contributed by atoms with Gasteiger partial charge in [0.15, 0.2) is 0 Å². The van der Waals surface area contributed by atoms with E-state index in [9.17, 15) is 18.0 Å². The van der Waals surface area contributed by atoms with Crippen molar-refractivity contribution in [2.75, 3.05) is 18.8 Å². The maximum Gasteiger partial charge on any atom is 0.412 e. The van der Waals surface area contributed by atoms with E-state index in [1.165, 1.54) is 23.1 Å². The Bertz CT molecular complexity index is 569. The molecule has 3 nitrogen and oxygen atoms in total. The first-order chi connectivity index (χ1) is 9.29. The second kappa shape index (κ2) is 5.36. The number of benzene rings is 1. The summed E-state index contributed by atoms with van der Waals surface area (Å²) in [7, 11) is 0. The Kier molecular flexibility index (Phi) is 3.94. The number of halogens is 4. The molecule has 1 aromatic rings. The van der Waals surface area contributed by atoms with Gasteiger partial charge in [-0.1, -0.05) is 17.7 Å². The molecule has 1 aliphatic rings. The topological polar surface area (TPSA) is 46.3 Å². The first-order valence-corrected chi connectivity index (χ1v) is 6.27. The van der Waals surface area contributed by atoms with E-state index in [4.69, 9.17) is 17.3 Å². The number of rotatable bonds is 1. The molecule has 0 atom stereocenters. The minimum atomic E-state index is -4.32. The van der Waals surface area contributed by atoms with Crippen LogP contribution in [0.1, 0.15) is 16.8 Å². The third-order valence-electron chi connectivity index (χ3n) is 3.10. The van der Waals surface area contributed by atoms with E-state index in [0.29, 0.717) is 10.6 Å². The molecule has 2 N–H and O–H groups in total. The second-order valence-electron chi connectivity index (χ2n) is 4.46. The second-order valence-corrected chi connectivity index (χ2v) is 4.87. The molecule has 0 aliphatic carbocycles. The van der Waals surface area contributed by atoms with Gasteiger partial charge in [-0.2, -0.15) is 13.2 Å². The van der Waals surface area contributed by atoms with E-state index in [1.807, 2.05) is 0 Å². The molecule has 0 aromatic heterocycles. The molecule has 0 unspecified atom stereocenters. The molecule has 1 aliphatic heterocycles. The average molecular weight is 305 g/mol. The highest BCUT2D eigenvalue weighted by molar-refractivity contribution is 6.33. The van der Waals surface area contributed by atoms with Crippen LogP contribution in [0.5, 0.6) is 0 Å². The summed E-state index contributed by atoms with van der Waals surface area (Å²) in [6, 6.07) is 4.42. The Morgan fingerprint density at radius 2 is 2.05 bits per heavy atom. The fourth-order valence-electron chi connectivity index (χ4n) is 1.97. The van der Waals surface area contributed by atoms with Crippen molar-refractivity contribution in [2.24, 2.45) is 0 Å². The molecule has 7 heteroatoms. The number of nitrogen functional groups attached to an aromatic ring is 1. The van der Waals surface area contributed by atoms with Gasteiger partial charge in [0.2, 0.25) is 0 Å². The lowest BCUT2D eigenvalue weighted by molar-refractivity contribution is -0.0957. The Labute approximate surface area is 118 Å². The molecule has 0 spiro atoms. The molecule has 108 valence electrons. The standard InChI is InChI=1S/C13H12ClF3N2O/c14-10-2-1-8(7-11(10)18)12(20)19-5-3-9(4-6-19)13(15,16)17/h1-3,7H,4-6,18H2. The lowest BCUT2D eigenvalue weighted by Gasteiger charge is -2.27. The van der Waals surface area contributed by atoms with Crippen molar-refractivity contribution < 1.29 is 18.0 Å². The number of nitrogens with two attached hydrogens (primary N) is 1. The van der Waals surface area contributed by atoms with Crippen LogP contribution in [0, 0.1) is 0 Å². The fraction of sp³-hybridized carbons (Fsp3) is 0.308. The molecule has 0 saturated carbocycles. The molecule has 0 radical (unpaired) electrons. The molecule has 1 aromatic carbocycles. The van der Waals surface area contributed by atoms with E-state index in [1.54, 1.807) is 0 Å². The SMILES string of the molecule is Nc1cc(C(=O)N2CC=C(C(F)(F)F)CC2)ccc1Cl. The first kappa shape index (κ1) is 14.7. The quantitative estimate of drug-likeness (QED) is 0.639. The van der Waals surface area contributed by atoms with Crippen molar-refractivity contribution in [3.8, 4) is 0 Å². The molecule has 20 heavy (non-hydrogen) atoms. The number of amides is 1. The Morgan fingerprint density at radius 1 is 1.35 bits per heavy atom. The predicted octanol–water partition coefficient (Wildman–Crippen LogP) is 3.26. The van der Waals surface area contributed by atoms with Crippen LogP contribution in [-0.2, 0) is 0 Å². The summed E-state index contributed by atoms with van der Waals surface area (Å²) < 4.78 is 37.5. The minimum Gasteiger partial charge on any atom is -0.398 e. The lowest BCUT2D eigenvalue weighted by atomic mass is 10.1. The van der Waals surface area contributed by atoms with Gasteiger partial charge in [0.05, 0.1) is 10.7 Å². The maximum atomic E-state index is 12.5. The van der Waals surface area contributed by atoms with Crippen LogP contribution >= 0.6 is 11.6 Å². The van der Waals surface area contributed by atoms with E-state index in [2.05, 4.69) is 0 Å². The number of anilines is 1. The van der Waals surface area contributed by atoms with Crippen molar-refractivity contribution in [1.29, 1.82) is 0 Å². The van der Waals surface area contributed by atoms with Crippen LogP contribution in [-0.4, -0.2) is 30.1 Å². The summed E-state index contributed by atoms with van der Waals surface area (Å²) in [4.78, 5) is 13.5. The van der Waals surface area contributed by atoms with E-state index in [0.717, 1.165) is 6.08 Å². The summed E-state index contributed by atoms with van der Waals surface area (Å²) >= 11 is 5.76. The molecular formula is C13H12ClF3N2O. The highest BCUT2D eigenvalue weighted by Crippen LogP contribution is 2.30. The Hall–Kier alpha value is -1.69. The molecule has 0 fully saturated rings. The molecule has 0 bridgehead atoms. The van der Waals surface area contributed by atoms with Gasteiger partial charge in [0.1, 0.15) is 0 Å². The molecule has 1 amide bonds. The number of nitrogens with zero attached hydrogens (tertiary/aromatic N) is 1. The Balaban J connectivity index is 2.12. The highest BCUT2D eigenvalue weighted by Gasteiger charge is 2.35. The largest absolute Gasteiger partial charge is 0.412 e. The van der Waals surface area contributed by atoms with Crippen LogP contribution in [0.15, 0.2) is 29.8 Å². The van der Waals surface area contributed by atoms with Gasteiger partial charge in [0.25, 0.3) is 5.91 Å². The van der Waals surface area contributed by atoms with Gasteiger partial charge >= 0.3 is 6.18 Å². The fourth-order valence-corrected chi connectivity index (χ4v) is 2.09. The van der Waals surface area contributed by atoms with Crippen molar-refractivity contribution in [1.82, 2.24) is 4.90 Å². The number of carbonyl (C=O) groups excluding carboxylic acids is 1. The average Bonchev–Trinajstić information content (AvgIpc) is 2.40. The van der Waals surface area contributed by atoms with E-state index in [-0.39, 0.29) is 31.1 Å². The van der Waals surface area contributed by atoms with Crippen molar-refractivity contribution in [3.63, 3.8) is 0 Å². The number of carbonyl (C=O) groups is 1. The van der Waals surface area contributed by atoms with Gasteiger partial charge in [0, 0.05) is 24.2 Å². The lowest BCUT2D eigenvalue weighted by Crippen LogP contribution is -2.36. The maximum absolute atomic E-state index is 12.5. The number of hydrogen-bond donors (Lipinski definition) is 1. The summed E-state index contributed by atoms with van der Waals surface area (Å²) in [6.07, 6.45) is -3.47.